The number of aromatic hydroxyl groups is 1. The van der Waals surface area contributed by atoms with Gasteiger partial charge in [-0.25, -0.2) is 0 Å². The van der Waals surface area contributed by atoms with Gasteiger partial charge in [0.05, 0.1) is 6.04 Å². The Morgan fingerprint density at radius 1 is 1.56 bits per heavy atom. The first-order chi connectivity index (χ1) is 8.74. The van der Waals surface area contributed by atoms with Gasteiger partial charge in [-0.15, -0.1) is 6.42 Å². The van der Waals surface area contributed by atoms with Crippen molar-refractivity contribution in [3.8, 4) is 18.1 Å². The molecule has 0 saturated heterocycles. The summed E-state index contributed by atoms with van der Waals surface area (Å²) in [5.41, 5.74) is 2.56. The van der Waals surface area contributed by atoms with Gasteiger partial charge in [0.2, 0.25) is 0 Å². The van der Waals surface area contributed by atoms with Gasteiger partial charge < -0.3 is 5.11 Å². The van der Waals surface area contributed by atoms with Crippen LogP contribution in [0.1, 0.15) is 49.8 Å². The Kier molecular flexibility index (Phi) is 4.28. The molecule has 0 amide bonds. The van der Waals surface area contributed by atoms with Crippen molar-refractivity contribution in [2.45, 2.75) is 51.1 Å². The highest BCUT2D eigenvalue weighted by Crippen LogP contribution is 2.32. The Bertz CT molecular complexity index is 447. The third kappa shape index (κ3) is 2.86. The lowest BCUT2D eigenvalue weighted by Crippen LogP contribution is -2.33. The molecule has 2 N–H and O–H groups in total. The van der Waals surface area contributed by atoms with Gasteiger partial charge in [0.25, 0.3) is 0 Å². The zero-order valence-corrected chi connectivity index (χ0v) is 10.9. The van der Waals surface area contributed by atoms with Crippen molar-refractivity contribution in [1.82, 2.24) is 5.32 Å². The van der Waals surface area contributed by atoms with E-state index in [1.165, 1.54) is 17.5 Å². The van der Waals surface area contributed by atoms with Gasteiger partial charge in [-0.05, 0) is 48.9 Å². The van der Waals surface area contributed by atoms with Crippen LogP contribution in [0, 0.1) is 12.3 Å². The number of fused-ring (bicyclic) bond motifs is 1. The molecule has 0 aromatic heterocycles. The standard InChI is InChI=1S/C16H21NO/c1-3-6-13(4-2)17-16-8-5-7-12-9-10-14(18)11-15(12)16/h2,9-11,13,16-18H,3,5-8H2,1H3. The van der Waals surface area contributed by atoms with Crippen LogP contribution in [-0.2, 0) is 6.42 Å². The Labute approximate surface area is 109 Å². The largest absolute Gasteiger partial charge is 0.508 e. The van der Waals surface area contributed by atoms with Gasteiger partial charge in [0.15, 0.2) is 0 Å². The minimum atomic E-state index is 0.133. The maximum absolute atomic E-state index is 9.63. The topological polar surface area (TPSA) is 32.3 Å². The van der Waals surface area contributed by atoms with Crippen molar-refractivity contribution in [1.29, 1.82) is 0 Å². The summed E-state index contributed by atoms with van der Waals surface area (Å²) in [6.45, 7) is 2.15. The van der Waals surface area contributed by atoms with Gasteiger partial charge in [-0.1, -0.05) is 25.3 Å². The molecule has 0 heterocycles. The first-order valence-corrected chi connectivity index (χ1v) is 6.78. The van der Waals surface area contributed by atoms with Gasteiger partial charge in [0, 0.05) is 6.04 Å². The molecule has 1 aliphatic carbocycles. The lowest BCUT2D eigenvalue weighted by molar-refractivity contribution is 0.415. The van der Waals surface area contributed by atoms with Crippen molar-refractivity contribution in [2.75, 3.05) is 0 Å². The van der Waals surface area contributed by atoms with E-state index in [0.717, 1.165) is 25.7 Å². The molecule has 18 heavy (non-hydrogen) atoms. The van der Waals surface area contributed by atoms with E-state index in [-0.39, 0.29) is 12.1 Å². The molecule has 1 aromatic carbocycles. The molecular formula is C16H21NO. The van der Waals surface area contributed by atoms with Crippen LogP contribution in [0.3, 0.4) is 0 Å². The summed E-state index contributed by atoms with van der Waals surface area (Å²) < 4.78 is 0. The lowest BCUT2D eigenvalue weighted by atomic mass is 9.87. The summed E-state index contributed by atoms with van der Waals surface area (Å²) in [6, 6.07) is 6.10. The number of terminal acetylenes is 1. The smallest absolute Gasteiger partial charge is 0.115 e. The summed E-state index contributed by atoms with van der Waals surface area (Å²) in [7, 11) is 0. The average Bonchev–Trinajstić information content (AvgIpc) is 2.38. The molecule has 0 saturated carbocycles. The summed E-state index contributed by atoms with van der Waals surface area (Å²) in [5, 5.41) is 13.2. The predicted octanol–water partition coefficient (Wildman–Crippen LogP) is 3.16. The Balaban J connectivity index is 2.17. The van der Waals surface area contributed by atoms with Crippen molar-refractivity contribution < 1.29 is 5.11 Å². The van der Waals surface area contributed by atoms with Crippen LogP contribution in [0.2, 0.25) is 0 Å². The molecule has 2 unspecified atom stereocenters. The fourth-order valence-electron chi connectivity index (χ4n) is 2.71. The van der Waals surface area contributed by atoms with E-state index in [9.17, 15) is 5.11 Å². The highest BCUT2D eigenvalue weighted by molar-refractivity contribution is 5.38. The van der Waals surface area contributed by atoms with E-state index in [1.807, 2.05) is 12.1 Å². The van der Waals surface area contributed by atoms with Crippen molar-refractivity contribution in [3.63, 3.8) is 0 Å². The molecule has 2 rings (SSSR count). The van der Waals surface area contributed by atoms with Crippen LogP contribution in [0.4, 0.5) is 0 Å². The second kappa shape index (κ2) is 5.93. The van der Waals surface area contributed by atoms with Gasteiger partial charge in [0.1, 0.15) is 5.75 Å². The van der Waals surface area contributed by atoms with Gasteiger partial charge >= 0.3 is 0 Å². The number of phenolic OH excluding ortho intramolecular Hbond substituents is 1. The number of nitrogens with one attached hydrogen (secondary N) is 1. The lowest BCUT2D eigenvalue weighted by Gasteiger charge is -2.29. The first-order valence-electron chi connectivity index (χ1n) is 6.78. The fourth-order valence-corrected chi connectivity index (χ4v) is 2.71. The fraction of sp³-hybridized carbons (Fsp3) is 0.500. The van der Waals surface area contributed by atoms with Crippen LogP contribution in [0.15, 0.2) is 18.2 Å². The van der Waals surface area contributed by atoms with Crippen LogP contribution < -0.4 is 5.32 Å². The molecule has 96 valence electrons. The van der Waals surface area contributed by atoms with Crippen LogP contribution in [-0.4, -0.2) is 11.1 Å². The van der Waals surface area contributed by atoms with Crippen molar-refractivity contribution >= 4 is 0 Å². The third-order valence-corrected chi connectivity index (χ3v) is 3.62. The molecule has 0 aliphatic heterocycles. The summed E-state index contributed by atoms with van der Waals surface area (Å²) >= 11 is 0. The van der Waals surface area contributed by atoms with Crippen molar-refractivity contribution in [2.24, 2.45) is 0 Å². The highest BCUT2D eigenvalue weighted by atomic mass is 16.3. The van der Waals surface area contributed by atoms with E-state index in [4.69, 9.17) is 6.42 Å². The predicted molar refractivity (Wildman–Crippen MR) is 74.5 cm³/mol. The second-order valence-electron chi connectivity index (χ2n) is 5.00. The molecule has 2 atom stereocenters. The third-order valence-electron chi connectivity index (χ3n) is 3.62. The number of benzene rings is 1. The molecule has 0 fully saturated rings. The molecule has 0 bridgehead atoms. The first kappa shape index (κ1) is 13.0. The molecule has 2 heteroatoms. The SMILES string of the molecule is C#CC(CCC)NC1CCCc2ccc(O)cc21. The summed E-state index contributed by atoms with van der Waals surface area (Å²) in [5.74, 6) is 3.16. The van der Waals surface area contributed by atoms with E-state index in [0.29, 0.717) is 5.75 Å². The number of rotatable bonds is 4. The van der Waals surface area contributed by atoms with Crippen LogP contribution in [0.25, 0.3) is 0 Å². The van der Waals surface area contributed by atoms with E-state index in [2.05, 4.69) is 18.2 Å². The molecule has 1 aromatic rings. The second-order valence-corrected chi connectivity index (χ2v) is 5.00. The maximum Gasteiger partial charge on any atom is 0.115 e. The van der Waals surface area contributed by atoms with E-state index >= 15 is 0 Å². The Hall–Kier alpha value is -1.46. The van der Waals surface area contributed by atoms with Crippen molar-refractivity contribution in [3.05, 3.63) is 29.3 Å². The number of hydrogen-bond donors (Lipinski definition) is 2. The van der Waals surface area contributed by atoms with Gasteiger partial charge in [-0.2, -0.15) is 0 Å². The van der Waals surface area contributed by atoms with Gasteiger partial charge in [-0.3, -0.25) is 5.32 Å². The Morgan fingerprint density at radius 2 is 2.39 bits per heavy atom. The average molecular weight is 243 g/mol. The zero-order chi connectivity index (χ0) is 13.0. The summed E-state index contributed by atoms with van der Waals surface area (Å²) in [4.78, 5) is 0. The highest BCUT2D eigenvalue weighted by Gasteiger charge is 2.22. The molecule has 0 spiro atoms. The monoisotopic (exact) mass is 243 g/mol. The quantitative estimate of drug-likeness (QED) is 0.796. The molecule has 2 nitrogen and oxygen atoms in total. The zero-order valence-electron chi connectivity index (χ0n) is 10.9. The molecule has 1 aliphatic rings. The van der Waals surface area contributed by atoms with Crippen LogP contribution >= 0.6 is 0 Å². The van der Waals surface area contributed by atoms with Crippen LogP contribution in [0.5, 0.6) is 5.75 Å². The number of phenols is 1. The Morgan fingerprint density at radius 3 is 3.11 bits per heavy atom. The number of hydrogen-bond acceptors (Lipinski definition) is 2. The normalized spacial score (nSPS) is 19.9. The van der Waals surface area contributed by atoms with E-state index < -0.39 is 0 Å². The summed E-state index contributed by atoms with van der Waals surface area (Å²) in [6.07, 6.45) is 11.0. The van der Waals surface area contributed by atoms with E-state index in [1.54, 1.807) is 6.07 Å². The molecular weight excluding hydrogens is 222 g/mol. The minimum Gasteiger partial charge on any atom is -0.508 e. The maximum atomic E-state index is 9.63. The molecule has 0 radical (unpaired) electrons. The number of aryl methyl sites for hydroxylation is 1. The minimum absolute atomic E-state index is 0.133.